The fraction of sp³-hybridized carbons (Fsp3) is 0.556. The van der Waals surface area contributed by atoms with Gasteiger partial charge in [0.05, 0.1) is 12.2 Å². The van der Waals surface area contributed by atoms with Crippen LogP contribution in [0.15, 0.2) is 11.0 Å². The molecule has 0 saturated carbocycles. The molecule has 2 aliphatic rings. The maximum atomic E-state index is 11.0. The van der Waals surface area contributed by atoms with E-state index < -0.39 is 30.1 Å². The molecule has 1 aromatic heterocycles. The van der Waals surface area contributed by atoms with Crippen molar-refractivity contribution in [1.29, 1.82) is 0 Å². The van der Waals surface area contributed by atoms with Crippen molar-refractivity contribution in [2.45, 2.75) is 24.4 Å². The van der Waals surface area contributed by atoms with Crippen molar-refractivity contribution in [2.24, 2.45) is 0 Å². The van der Waals surface area contributed by atoms with E-state index in [2.05, 4.69) is 9.97 Å². The maximum Gasteiger partial charge on any atom is 0.347 e. The Kier molecular flexibility index (Phi) is 2.00. The van der Waals surface area contributed by atoms with Gasteiger partial charge in [0.15, 0.2) is 6.10 Å². The fourth-order valence-electron chi connectivity index (χ4n) is 2.09. The zero-order chi connectivity index (χ0) is 11.3. The van der Waals surface area contributed by atoms with Crippen LogP contribution in [0.1, 0.15) is 11.7 Å². The molecule has 4 atom stereocenters. The second-order valence-electron chi connectivity index (χ2n) is 3.82. The van der Waals surface area contributed by atoms with Gasteiger partial charge >= 0.3 is 5.69 Å². The molecule has 0 unspecified atom stereocenters. The van der Waals surface area contributed by atoms with Crippen molar-refractivity contribution < 1.29 is 19.7 Å². The van der Waals surface area contributed by atoms with Crippen LogP contribution in [0, 0.1) is 0 Å². The summed E-state index contributed by atoms with van der Waals surface area (Å²) < 4.78 is 10.8. The first-order chi connectivity index (χ1) is 7.70. The summed E-state index contributed by atoms with van der Waals surface area (Å²) in [6, 6.07) is 0. The lowest BCUT2D eigenvalue weighted by atomic mass is 10.1. The van der Waals surface area contributed by atoms with Gasteiger partial charge in [-0.2, -0.15) is 0 Å². The third-order valence-electron chi connectivity index (χ3n) is 2.88. The number of fused-ring (bicyclic) bond motifs is 3. The first-order valence-corrected chi connectivity index (χ1v) is 4.91. The first-order valence-electron chi connectivity index (χ1n) is 4.91. The van der Waals surface area contributed by atoms with Crippen molar-refractivity contribution in [3.05, 3.63) is 22.2 Å². The van der Waals surface area contributed by atoms with E-state index in [4.69, 9.17) is 14.6 Å². The Labute approximate surface area is 89.7 Å². The summed E-state index contributed by atoms with van der Waals surface area (Å²) >= 11 is 0. The zero-order valence-electron chi connectivity index (χ0n) is 8.16. The number of nitrogens with one attached hydrogen (secondary N) is 1. The monoisotopic (exact) mass is 226 g/mol. The highest BCUT2D eigenvalue weighted by Crippen LogP contribution is 2.43. The highest BCUT2D eigenvalue weighted by Gasteiger charge is 2.51. The molecule has 0 aromatic carbocycles. The molecule has 0 radical (unpaired) electrons. The summed E-state index contributed by atoms with van der Waals surface area (Å²) in [5.74, 6) is 0.283. The van der Waals surface area contributed by atoms with Crippen LogP contribution in [0.25, 0.3) is 0 Å². The number of hydrogen-bond donors (Lipinski definition) is 3. The molecule has 3 N–H and O–H groups in total. The Morgan fingerprint density at radius 1 is 1.56 bits per heavy atom. The van der Waals surface area contributed by atoms with E-state index in [-0.39, 0.29) is 12.5 Å². The summed E-state index contributed by atoms with van der Waals surface area (Å²) in [5, 5.41) is 18.7. The molecule has 86 valence electrons. The van der Waals surface area contributed by atoms with Crippen molar-refractivity contribution >= 4 is 0 Å². The van der Waals surface area contributed by atoms with Gasteiger partial charge in [-0.15, -0.1) is 0 Å². The number of H-pyrrole nitrogens is 1. The van der Waals surface area contributed by atoms with E-state index in [9.17, 15) is 9.90 Å². The van der Waals surface area contributed by atoms with E-state index in [0.29, 0.717) is 5.56 Å². The number of hydrogen-bond acceptors (Lipinski definition) is 6. The van der Waals surface area contributed by atoms with Gasteiger partial charge < -0.3 is 19.7 Å². The van der Waals surface area contributed by atoms with Crippen LogP contribution in [0.2, 0.25) is 0 Å². The predicted molar refractivity (Wildman–Crippen MR) is 50.0 cm³/mol. The molecule has 0 bridgehead atoms. The lowest BCUT2D eigenvalue weighted by molar-refractivity contribution is -0.0234. The van der Waals surface area contributed by atoms with Gasteiger partial charge in [-0.25, -0.2) is 9.78 Å². The third kappa shape index (κ3) is 1.19. The number of aromatic nitrogens is 2. The summed E-state index contributed by atoms with van der Waals surface area (Å²) in [6.45, 7) is -0.274. The number of aromatic amines is 1. The molecule has 1 fully saturated rings. The minimum Gasteiger partial charge on any atom is -0.469 e. The molecule has 0 amide bonds. The molecule has 0 aliphatic carbocycles. The quantitative estimate of drug-likeness (QED) is 0.528. The number of ether oxygens (including phenoxy) is 2. The fourth-order valence-corrected chi connectivity index (χ4v) is 2.09. The van der Waals surface area contributed by atoms with Crippen molar-refractivity contribution in [3.63, 3.8) is 0 Å². The minimum absolute atomic E-state index is 0.274. The Bertz CT molecular complexity index is 473. The summed E-state index contributed by atoms with van der Waals surface area (Å²) in [7, 11) is 0. The average molecular weight is 226 g/mol. The maximum absolute atomic E-state index is 11.0. The molecule has 1 saturated heterocycles. The molecule has 7 heteroatoms. The molecular formula is C9H10N2O5. The Balaban J connectivity index is 1.99. The van der Waals surface area contributed by atoms with Crippen molar-refractivity contribution in [1.82, 2.24) is 9.97 Å². The third-order valence-corrected chi connectivity index (χ3v) is 2.88. The van der Waals surface area contributed by atoms with Crippen LogP contribution in [0.4, 0.5) is 0 Å². The molecule has 0 spiro atoms. The SMILES string of the molecule is O=c1ncc2c([nH]1)O[C@H]1[C@H](O)[C@@H](CO)O[C@@H]21. The molecule has 3 rings (SSSR count). The lowest BCUT2D eigenvalue weighted by Gasteiger charge is -2.14. The second-order valence-corrected chi connectivity index (χ2v) is 3.82. The smallest absolute Gasteiger partial charge is 0.347 e. The molecule has 7 nitrogen and oxygen atoms in total. The number of aliphatic hydroxyl groups is 2. The number of nitrogens with zero attached hydrogens (tertiary/aromatic N) is 1. The highest BCUT2D eigenvalue weighted by molar-refractivity contribution is 5.33. The highest BCUT2D eigenvalue weighted by atomic mass is 16.6. The van der Waals surface area contributed by atoms with Crippen LogP contribution >= 0.6 is 0 Å². The molecular weight excluding hydrogens is 216 g/mol. The summed E-state index contributed by atoms with van der Waals surface area (Å²) in [4.78, 5) is 17.0. The number of rotatable bonds is 1. The van der Waals surface area contributed by atoms with Crippen LogP contribution in [-0.4, -0.2) is 45.1 Å². The molecule has 3 heterocycles. The van der Waals surface area contributed by atoms with Gasteiger partial charge in [-0.1, -0.05) is 0 Å². The van der Waals surface area contributed by atoms with Gasteiger partial charge in [0.1, 0.15) is 18.3 Å². The van der Waals surface area contributed by atoms with Crippen LogP contribution in [0.5, 0.6) is 5.88 Å². The summed E-state index contributed by atoms with van der Waals surface area (Å²) in [5.41, 5.74) is 0.0894. The minimum atomic E-state index is -0.911. The van der Waals surface area contributed by atoms with Gasteiger partial charge in [0, 0.05) is 6.20 Å². The number of aliphatic hydroxyl groups excluding tert-OH is 2. The molecule has 1 aromatic rings. The predicted octanol–water partition coefficient (Wildman–Crippen LogP) is -1.68. The Morgan fingerprint density at radius 3 is 3.12 bits per heavy atom. The van der Waals surface area contributed by atoms with E-state index in [1.807, 2.05) is 0 Å². The van der Waals surface area contributed by atoms with E-state index in [1.165, 1.54) is 6.20 Å². The molecule has 16 heavy (non-hydrogen) atoms. The van der Waals surface area contributed by atoms with Crippen LogP contribution in [0.3, 0.4) is 0 Å². The second kappa shape index (κ2) is 3.27. The van der Waals surface area contributed by atoms with E-state index >= 15 is 0 Å². The first kappa shape index (κ1) is 9.76. The van der Waals surface area contributed by atoms with Crippen LogP contribution in [-0.2, 0) is 4.74 Å². The Hall–Kier alpha value is -1.44. The van der Waals surface area contributed by atoms with Crippen LogP contribution < -0.4 is 10.4 Å². The van der Waals surface area contributed by atoms with E-state index in [0.717, 1.165) is 0 Å². The Morgan fingerprint density at radius 2 is 2.38 bits per heavy atom. The van der Waals surface area contributed by atoms with Gasteiger partial charge in [0.25, 0.3) is 0 Å². The van der Waals surface area contributed by atoms with Gasteiger partial charge in [0.2, 0.25) is 5.88 Å². The van der Waals surface area contributed by atoms with Gasteiger partial charge in [-0.3, -0.25) is 4.98 Å². The van der Waals surface area contributed by atoms with Gasteiger partial charge in [-0.05, 0) is 0 Å². The summed E-state index contributed by atoms with van der Waals surface area (Å²) in [6.07, 6.45) is -1.27. The van der Waals surface area contributed by atoms with Crippen molar-refractivity contribution in [2.75, 3.05) is 6.61 Å². The normalized spacial score (nSPS) is 35.6. The largest absolute Gasteiger partial charge is 0.469 e. The standard InChI is InChI=1S/C9H10N2O5/c12-2-4-5(13)7-6(15-4)3-1-10-9(14)11-8(3)16-7/h1,4-7,12-13H,2H2,(H,10,11,14)/t4-,5-,6+,7+/m1/s1. The van der Waals surface area contributed by atoms with E-state index in [1.54, 1.807) is 0 Å². The molecule has 2 aliphatic heterocycles. The topological polar surface area (TPSA) is 105 Å². The lowest BCUT2D eigenvalue weighted by Crippen LogP contribution is -2.34. The van der Waals surface area contributed by atoms with Crippen molar-refractivity contribution in [3.8, 4) is 5.88 Å². The average Bonchev–Trinajstić information content (AvgIpc) is 2.75. The zero-order valence-corrected chi connectivity index (χ0v) is 8.16.